The van der Waals surface area contributed by atoms with Gasteiger partial charge in [-0.1, -0.05) is 245 Å². The summed E-state index contributed by atoms with van der Waals surface area (Å²) < 4.78 is 1.43. The van der Waals surface area contributed by atoms with Crippen molar-refractivity contribution in [3.05, 3.63) is 88.0 Å². The molecule has 0 bridgehead atoms. The molecule has 2 aromatic rings. The SMILES string of the molecule is CCCCCC1=C(c2cccc(CCCC)c2)[N+](=[N-])C(c2cccc(CC)c2)=C1.CCCCCCCCCCCCCCCCCCCCCCCCC[CH2][Pd][CH2]CCCCCCCCCCCCCCCCCCCCCCCCC. The van der Waals surface area contributed by atoms with Crippen LogP contribution in [0.25, 0.3) is 16.9 Å². The van der Waals surface area contributed by atoms with Crippen molar-refractivity contribution in [3.63, 3.8) is 0 Å². The predicted octanol–water partition coefficient (Wildman–Crippen LogP) is 28.6. The van der Waals surface area contributed by atoms with E-state index in [-0.39, 0.29) is 0 Å². The van der Waals surface area contributed by atoms with Crippen LogP contribution in [0.2, 0.25) is 9.79 Å². The van der Waals surface area contributed by atoms with Gasteiger partial charge in [-0.05, 0) is 67.5 Å². The Morgan fingerprint density at radius 3 is 0.939 bits per heavy atom. The van der Waals surface area contributed by atoms with E-state index in [0.717, 1.165) is 66.2 Å². The van der Waals surface area contributed by atoms with Gasteiger partial charge in [0.15, 0.2) is 0 Å². The van der Waals surface area contributed by atoms with Crippen LogP contribution in [0.5, 0.6) is 0 Å². The summed E-state index contributed by atoms with van der Waals surface area (Å²) in [6, 6.07) is 17.2. The minimum atomic E-state index is 0.890. The van der Waals surface area contributed by atoms with Crippen LogP contribution >= 0.6 is 0 Å². The maximum atomic E-state index is 11.2. The molecular formula is C79H140N2Pd. The van der Waals surface area contributed by atoms with E-state index in [9.17, 15) is 5.53 Å². The summed E-state index contributed by atoms with van der Waals surface area (Å²) >= 11 is 1.06. The molecule has 82 heavy (non-hydrogen) atoms. The molecule has 2 aromatic carbocycles. The van der Waals surface area contributed by atoms with Crippen LogP contribution < -0.4 is 0 Å². The minimum Gasteiger partial charge on any atom is -0.0654 e. The molecule has 0 unspecified atom stereocenters. The van der Waals surface area contributed by atoms with Crippen LogP contribution in [0.1, 0.15) is 404 Å². The van der Waals surface area contributed by atoms with Gasteiger partial charge >= 0.3 is 169 Å². The fourth-order valence-corrected chi connectivity index (χ4v) is 14.3. The molecule has 476 valence electrons. The normalized spacial score (nSPS) is 12.5. The first kappa shape index (κ1) is 76.3. The summed E-state index contributed by atoms with van der Waals surface area (Å²) in [6.45, 7) is 11.3. The van der Waals surface area contributed by atoms with Crippen molar-refractivity contribution >= 4 is 11.4 Å². The summed E-state index contributed by atoms with van der Waals surface area (Å²) in [6.07, 6.45) is 82.8. The topological polar surface area (TPSA) is 25.3 Å². The number of allylic oxidation sites excluding steroid dienone is 2. The third kappa shape index (κ3) is 43.7. The van der Waals surface area contributed by atoms with E-state index in [1.54, 1.807) is 9.79 Å². The molecule has 1 aliphatic heterocycles. The first-order chi connectivity index (χ1) is 40.6. The smallest absolute Gasteiger partial charge is 0.0654 e. The van der Waals surface area contributed by atoms with Gasteiger partial charge in [0.1, 0.15) is 0 Å². The standard InChI is InChI=1S/C27H34N2.2C26H53.Pd/c1-4-7-9-15-25-20-26(23-16-10-13-21(6-3)18-23)29(28)27(25)24-17-11-14-22(19-24)12-8-5-2;2*1-3-5-7-9-11-13-15-17-19-21-23-25-26-24-22-20-18-16-14-12-10-8-6-4-2;/h10-11,13-14,16-20H,4-9,12,15H2,1-3H3;2*1,3-26H2,2H3;. The zero-order chi connectivity index (χ0) is 58.7. The molecule has 0 fully saturated rings. The van der Waals surface area contributed by atoms with Crippen LogP contribution in [-0.2, 0) is 30.8 Å². The van der Waals surface area contributed by atoms with E-state index in [4.69, 9.17) is 0 Å². The molecule has 3 rings (SSSR count). The molecule has 0 radical (unpaired) electrons. The van der Waals surface area contributed by atoms with E-state index in [1.807, 2.05) is 0 Å². The van der Waals surface area contributed by atoms with Crippen molar-refractivity contribution in [2.24, 2.45) is 0 Å². The van der Waals surface area contributed by atoms with Crippen molar-refractivity contribution in [2.45, 2.75) is 404 Å². The van der Waals surface area contributed by atoms with Crippen molar-refractivity contribution in [1.82, 2.24) is 0 Å². The molecule has 0 N–H and O–H groups in total. The summed E-state index contributed by atoms with van der Waals surface area (Å²) in [7, 11) is 0. The van der Waals surface area contributed by atoms with Crippen molar-refractivity contribution in [2.75, 3.05) is 0 Å². The first-order valence-corrected chi connectivity index (χ1v) is 39.4. The van der Waals surface area contributed by atoms with Crippen molar-refractivity contribution < 1.29 is 22.7 Å². The number of nitrogens with zero attached hydrogens (tertiary/aromatic N) is 2. The van der Waals surface area contributed by atoms with Gasteiger partial charge in [-0.2, -0.15) is 0 Å². The van der Waals surface area contributed by atoms with E-state index >= 15 is 0 Å². The molecule has 3 heteroatoms. The van der Waals surface area contributed by atoms with E-state index in [2.05, 4.69) is 89.2 Å². The predicted molar refractivity (Wildman–Crippen MR) is 366 cm³/mol. The Balaban J connectivity index is 0.000000658. The van der Waals surface area contributed by atoms with E-state index < -0.39 is 0 Å². The van der Waals surface area contributed by atoms with Gasteiger partial charge < -0.3 is 5.53 Å². The van der Waals surface area contributed by atoms with E-state index in [1.165, 1.54) is 355 Å². The molecule has 0 saturated heterocycles. The molecule has 2 nitrogen and oxygen atoms in total. The fraction of sp³-hybridized carbons (Fsp3) is 0.797. The van der Waals surface area contributed by atoms with Gasteiger partial charge in [0.05, 0.1) is 0 Å². The Hall–Kier alpha value is -1.82. The van der Waals surface area contributed by atoms with Gasteiger partial charge in [0, 0.05) is 22.8 Å². The van der Waals surface area contributed by atoms with Crippen molar-refractivity contribution in [3.8, 4) is 0 Å². The first-order valence-electron chi connectivity index (χ1n) is 37.2. The molecule has 0 amide bonds. The molecule has 1 aliphatic rings. The Morgan fingerprint density at radius 1 is 0.305 bits per heavy atom. The van der Waals surface area contributed by atoms with Crippen LogP contribution in [0.3, 0.4) is 0 Å². The summed E-state index contributed by atoms with van der Waals surface area (Å²) in [5, 5.41) is 0. The number of rotatable bonds is 60. The van der Waals surface area contributed by atoms with Gasteiger partial charge in [-0.15, -0.1) is 0 Å². The second-order valence-electron chi connectivity index (χ2n) is 25.8. The van der Waals surface area contributed by atoms with Crippen molar-refractivity contribution in [1.29, 1.82) is 0 Å². The van der Waals surface area contributed by atoms with Crippen LogP contribution in [0.4, 0.5) is 0 Å². The van der Waals surface area contributed by atoms with Crippen LogP contribution in [-0.4, -0.2) is 4.70 Å². The van der Waals surface area contributed by atoms with E-state index in [0.29, 0.717) is 0 Å². The monoisotopic (exact) mass is 1220 g/mol. The average Bonchev–Trinajstić information content (AvgIpc) is 4.09. The average molecular weight is 1220 g/mol. The number of hydrogen-bond acceptors (Lipinski definition) is 0. The summed E-state index contributed by atoms with van der Waals surface area (Å²) in [5.74, 6) is 0. The van der Waals surface area contributed by atoms with Gasteiger partial charge in [0.2, 0.25) is 11.4 Å². The second-order valence-corrected chi connectivity index (χ2v) is 28.1. The maximum absolute atomic E-state index is 11.2. The third-order valence-corrected chi connectivity index (χ3v) is 20.1. The zero-order valence-corrected chi connectivity index (χ0v) is 57.5. The zero-order valence-electron chi connectivity index (χ0n) is 55.9. The molecule has 1 heterocycles. The minimum absolute atomic E-state index is 0.890. The van der Waals surface area contributed by atoms with Gasteiger partial charge in [-0.3, -0.25) is 0 Å². The number of aryl methyl sites for hydroxylation is 2. The molecule has 0 saturated carbocycles. The Morgan fingerprint density at radius 2 is 0.598 bits per heavy atom. The van der Waals surface area contributed by atoms with Crippen LogP contribution in [0.15, 0.2) is 60.2 Å². The number of unbranched alkanes of at least 4 members (excludes halogenated alkanes) is 49. The molecule has 0 spiro atoms. The summed E-state index contributed by atoms with van der Waals surface area (Å²) in [5.41, 5.74) is 19.1. The summed E-state index contributed by atoms with van der Waals surface area (Å²) in [4.78, 5) is 3.10. The van der Waals surface area contributed by atoms with Crippen LogP contribution in [0, 0.1) is 0 Å². The Kier molecular flexibility index (Phi) is 55.4. The van der Waals surface area contributed by atoms with Gasteiger partial charge in [0.25, 0.3) is 0 Å². The number of benzene rings is 2. The molecular weight excluding hydrogens is 1080 g/mol. The fourth-order valence-electron chi connectivity index (χ4n) is 12.3. The third-order valence-electron chi connectivity index (χ3n) is 17.9. The number of hydrogen-bond donors (Lipinski definition) is 0. The molecule has 0 aromatic heterocycles. The van der Waals surface area contributed by atoms with Gasteiger partial charge in [-0.25, -0.2) is 4.70 Å². The molecule has 0 atom stereocenters. The second kappa shape index (κ2) is 59.5. The quantitative estimate of drug-likeness (QED) is 0.0358. The Labute approximate surface area is 522 Å². The molecule has 0 aliphatic carbocycles. The Bertz CT molecular complexity index is 1700.